The Hall–Kier alpha value is -2.18. The molecule has 0 unspecified atom stereocenters. The Bertz CT molecular complexity index is 558. The van der Waals surface area contributed by atoms with E-state index >= 15 is 0 Å². The lowest BCUT2D eigenvalue weighted by atomic mass is 10.2. The number of rotatable bonds is 5. The summed E-state index contributed by atoms with van der Waals surface area (Å²) in [5.74, 6) is -0.490. The monoisotopic (exact) mass is 281 g/mol. The predicted molar refractivity (Wildman–Crippen MR) is 74.3 cm³/mol. The molecule has 7 nitrogen and oxygen atoms in total. The molecule has 0 N–H and O–H groups in total. The van der Waals surface area contributed by atoms with Gasteiger partial charge < -0.3 is 4.74 Å². The third-order valence-corrected chi connectivity index (χ3v) is 2.71. The fourth-order valence-corrected chi connectivity index (χ4v) is 1.82. The molecule has 0 aliphatic rings. The molecular formula is C13H19N3O4. The number of hydrogen-bond donors (Lipinski definition) is 0. The number of aryl methyl sites for hydroxylation is 1. The first-order chi connectivity index (χ1) is 9.29. The van der Waals surface area contributed by atoms with Gasteiger partial charge in [-0.2, -0.15) is 5.10 Å². The van der Waals surface area contributed by atoms with Crippen LogP contribution in [0.4, 0.5) is 5.69 Å². The van der Waals surface area contributed by atoms with E-state index in [0.717, 1.165) is 0 Å². The van der Waals surface area contributed by atoms with Crippen molar-refractivity contribution in [3.05, 3.63) is 27.1 Å². The van der Waals surface area contributed by atoms with Gasteiger partial charge in [-0.25, -0.2) is 4.79 Å². The van der Waals surface area contributed by atoms with Crippen molar-refractivity contribution in [2.75, 3.05) is 6.61 Å². The standard InChI is InChI=1S/C13H19N3O4/c1-6-20-13(17)9(4)7-11-12(16(18)19)10(5)14-15(11)8(2)3/h7-8H,6H2,1-5H3/b9-7+. The van der Waals surface area contributed by atoms with Crippen LogP contribution in [0.3, 0.4) is 0 Å². The molecule has 1 rings (SSSR count). The largest absolute Gasteiger partial charge is 0.463 e. The Kier molecular flexibility index (Phi) is 5.01. The van der Waals surface area contributed by atoms with Gasteiger partial charge in [-0.15, -0.1) is 0 Å². The van der Waals surface area contributed by atoms with E-state index in [1.807, 2.05) is 13.8 Å². The molecule has 0 aliphatic carbocycles. The average molecular weight is 281 g/mol. The van der Waals surface area contributed by atoms with E-state index in [9.17, 15) is 14.9 Å². The van der Waals surface area contributed by atoms with Crippen LogP contribution in [0.15, 0.2) is 5.57 Å². The lowest BCUT2D eigenvalue weighted by Crippen LogP contribution is -2.08. The van der Waals surface area contributed by atoms with Crippen LogP contribution in [0.5, 0.6) is 0 Å². The maximum absolute atomic E-state index is 11.6. The van der Waals surface area contributed by atoms with E-state index in [1.54, 1.807) is 20.8 Å². The molecule has 1 heterocycles. The van der Waals surface area contributed by atoms with Gasteiger partial charge in [-0.3, -0.25) is 14.8 Å². The number of aromatic nitrogens is 2. The van der Waals surface area contributed by atoms with Crippen LogP contribution in [0.25, 0.3) is 6.08 Å². The number of hydrogen-bond acceptors (Lipinski definition) is 5. The van der Waals surface area contributed by atoms with Gasteiger partial charge in [0.2, 0.25) is 0 Å². The quantitative estimate of drug-likeness (QED) is 0.358. The van der Waals surface area contributed by atoms with Gasteiger partial charge in [0, 0.05) is 11.6 Å². The zero-order valence-electron chi connectivity index (χ0n) is 12.3. The van der Waals surface area contributed by atoms with Gasteiger partial charge in [-0.1, -0.05) is 0 Å². The molecule has 0 spiro atoms. The molecule has 0 amide bonds. The van der Waals surface area contributed by atoms with Crippen LogP contribution < -0.4 is 0 Å². The first-order valence-corrected chi connectivity index (χ1v) is 6.38. The summed E-state index contributed by atoms with van der Waals surface area (Å²) < 4.78 is 6.41. The number of carbonyl (C=O) groups excluding carboxylic acids is 1. The molecule has 0 fully saturated rings. The Morgan fingerprint density at radius 3 is 2.60 bits per heavy atom. The Morgan fingerprint density at radius 2 is 2.15 bits per heavy atom. The molecule has 0 saturated carbocycles. The van der Waals surface area contributed by atoms with E-state index in [4.69, 9.17) is 4.74 Å². The van der Waals surface area contributed by atoms with Crippen molar-refractivity contribution in [3.63, 3.8) is 0 Å². The Labute approximate surface area is 117 Å². The Morgan fingerprint density at radius 1 is 1.55 bits per heavy atom. The summed E-state index contributed by atoms with van der Waals surface area (Å²) in [6.45, 7) is 8.84. The van der Waals surface area contributed by atoms with E-state index < -0.39 is 10.9 Å². The minimum Gasteiger partial charge on any atom is -0.463 e. The van der Waals surface area contributed by atoms with E-state index in [0.29, 0.717) is 17.0 Å². The van der Waals surface area contributed by atoms with Crippen LogP contribution >= 0.6 is 0 Å². The molecule has 0 atom stereocenters. The van der Waals surface area contributed by atoms with Gasteiger partial charge in [0.25, 0.3) is 0 Å². The lowest BCUT2D eigenvalue weighted by Gasteiger charge is -2.08. The van der Waals surface area contributed by atoms with Gasteiger partial charge >= 0.3 is 11.7 Å². The average Bonchev–Trinajstić information content (AvgIpc) is 2.66. The maximum atomic E-state index is 11.6. The molecule has 0 bridgehead atoms. The van der Waals surface area contributed by atoms with E-state index in [1.165, 1.54) is 10.8 Å². The van der Waals surface area contributed by atoms with Crippen molar-refractivity contribution in [3.8, 4) is 0 Å². The summed E-state index contributed by atoms with van der Waals surface area (Å²) in [4.78, 5) is 22.3. The minimum atomic E-state index is -0.490. The number of carbonyl (C=O) groups is 1. The summed E-state index contributed by atoms with van der Waals surface area (Å²) in [6, 6.07) is -0.0522. The summed E-state index contributed by atoms with van der Waals surface area (Å²) in [5, 5.41) is 15.3. The van der Waals surface area contributed by atoms with Crippen molar-refractivity contribution < 1.29 is 14.5 Å². The summed E-state index contributed by atoms with van der Waals surface area (Å²) in [7, 11) is 0. The first kappa shape index (κ1) is 15.9. The number of esters is 1. The van der Waals surface area contributed by atoms with Gasteiger partial charge in [0.1, 0.15) is 11.4 Å². The van der Waals surface area contributed by atoms with Crippen LogP contribution in [-0.2, 0) is 9.53 Å². The maximum Gasteiger partial charge on any atom is 0.333 e. The van der Waals surface area contributed by atoms with Crippen LogP contribution in [0.1, 0.15) is 45.1 Å². The molecule has 7 heteroatoms. The molecule has 0 radical (unpaired) electrons. The van der Waals surface area contributed by atoms with Crippen LogP contribution in [-0.4, -0.2) is 27.3 Å². The second kappa shape index (κ2) is 6.31. The zero-order valence-corrected chi connectivity index (χ0v) is 12.3. The molecule has 20 heavy (non-hydrogen) atoms. The summed E-state index contributed by atoms with van der Waals surface area (Å²) in [5.41, 5.74) is 0.860. The third kappa shape index (κ3) is 3.23. The van der Waals surface area contributed by atoms with Crippen molar-refractivity contribution >= 4 is 17.7 Å². The Balaban J connectivity index is 3.38. The molecular weight excluding hydrogens is 262 g/mol. The van der Waals surface area contributed by atoms with Crippen molar-refractivity contribution in [2.45, 2.75) is 40.7 Å². The molecule has 0 aliphatic heterocycles. The van der Waals surface area contributed by atoms with Crippen molar-refractivity contribution in [1.82, 2.24) is 9.78 Å². The minimum absolute atomic E-state index is 0.0522. The van der Waals surface area contributed by atoms with Gasteiger partial charge in [0.05, 0.1) is 11.5 Å². The molecule has 0 aromatic carbocycles. The molecule has 110 valence electrons. The SMILES string of the molecule is CCOC(=O)/C(C)=C/c1c([N+](=O)[O-])c(C)nn1C(C)C. The van der Waals surface area contributed by atoms with Crippen molar-refractivity contribution in [1.29, 1.82) is 0 Å². The van der Waals surface area contributed by atoms with Crippen molar-refractivity contribution in [2.24, 2.45) is 0 Å². The normalized spacial score (nSPS) is 11.8. The molecule has 0 saturated heterocycles. The highest BCUT2D eigenvalue weighted by Gasteiger charge is 2.25. The van der Waals surface area contributed by atoms with Gasteiger partial charge in [0.15, 0.2) is 0 Å². The number of nitro groups is 1. The predicted octanol–water partition coefficient (Wildman–Crippen LogP) is 2.65. The zero-order chi connectivity index (χ0) is 15.4. The third-order valence-electron chi connectivity index (χ3n) is 2.71. The number of nitrogens with zero attached hydrogens (tertiary/aromatic N) is 3. The van der Waals surface area contributed by atoms with E-state index in [-0.39, 0.29) is 18.3 Å². The number of ether oxygens (including phenoxy) is 1. The summed E-state index contributed by atoms with van der Waals surface area (Å²) in [6.07, 6.45) is 1.45. The first-order valence-electron chi connectivity index (χ1n) is 6.38. The smallest absolute Gasteiger partial charge is 0.333 e. The molecule has 1 aromatic heterocycles. The lowest BCUT2D eigenvalue weighted by molar-refractivity contribution is -0.385. The topological polar surface area (TPSA) is 87.3 Å². The van der Waals surface area contributed by atoms with Gasteiger partial charge in [-0.05, 0) is 40.7 Å². The fourth-order valence-electron chi connectivity index (χ4n) is 1.82. The highest BCUT2D eigenvalue weighted by atomic mass is 16.6. The second-order valence-corrected chi connectivity index (χ2v) is 4.66. The highest BCUT2D eigenvalue weighted by molar-refractivity contribution is 5.93. The van der Waals surface area contributed by atoms with Crippen LogP contribution in [0, 0.1) is 17.0 Å². The van der Waals surface area contributed by atoms with E-state index in [2.05, 4.69) is 5.10 Å². The van der Waals surface area contributed by atoms with Crippen LogP contribution in [0.2, 0.25) is 0 Å². The fraction of sp³-hybridized carbons (Fsp3) is 0.538. The molecule has 1 aromatic rings. The highest BCUT2D eigenvalue weighted by Crippen LogP contribution is 2.27. The second-order valence-electron chi connectivity index (χ2n) is 4.66. The summed E-state index contributed by atoms with van der Waals surface area (Å²) >= 11 is 0.